The minimum absolute atomic E-state index is 0.0763. The number of imide groups is 1. The molecule has 29 heavy (non-hydrogen) atoms. The van der Waals surface area contributed by atoms with Crippen LogP contribution in [0, 0.1) is 0 Å². The van der Waals surface area contributed by atoms with Crippen LogP contribution in [-0.4, -0.2) is 47.5 Å². The smallest absolute Gasteiger partial charge is 0.339 e. The first-order valence-electron chi connectivity index (χ1n) is 8.64. The van der Waals surface area contributed by atoms with E-state index < -0.39 is 23.7 Å². The molecule has 150 valence electrons. The van der Waals surface area contributed by atoms with Crippen molar-refractivity contribution in [1.82, 2.24) is 4.90 Å². The van der Waals surface area contributed by atoms with Gasteiger partial charge in [-0.2, -0.15) is 0 Å². The van der Waals surface area contributed by atoms with Crippen LogP contribution >= 0.6 is 23.4 Å². The van der Waals surface area contributed by atoms with E-state index in [1.54, 1.807) is 48.5 Å². The maximum absolute atomic E-state index is 12.5. The molecule has 0 spiro atoms. The Labute approximate surface area is 176 Å². The highest BCUT2D eigenvalue weighted by Crippen LogP contribution is 2.33. The lowest BCUT2D eigenvalue weighted by atomic mass is 10.2. The summed E-state index contributed by atoms with van der Waals surface area (Å²) in [5, 5.41) is 2.55. The van der Waals surface area contributed by atoms with Gasteiger partial charge in [0.05, 0.1) is 10.8 Å². The number of likely N-dealkylation sites (tertiary alicyclic amines) is 1. The van der Waals surface area contributed by atoms with Gasteiger partial charge in [0.15, 0.2) is 6.61 Å². The Bertz CT molecular complexity index is 964. The van der Waals surface area contributed by atoms with Crippen LogP contribution in [0.1, 0.15) is 16.8 Å². The number of amides is 3. The average Bonchev–Trinajstić information content (AvgIpc) is 2.95. The number of hydrogen-bond donors (Lipinski definition) is 1. The molecule has 2 aromatic rings. The molecule has 0 bridgehead atoms. The van der Waals surface area contributed by atoms with Gasteiger partial charge in [0.25, 0.3) is 5.91 Å². The molecule has 1 aliphatic rings. The van der Waals surface area contributed by atoms with Gasteiger partial charge in [0, 0.05) is 29.1 Å². The first-order chi connectivity index (χ1) is 13.8. The molecule has 1 atom stereocenters. The van der Waals surface area contributed by atoms with Crippen LogP contribution in [0.4, 0.5) is 5.69 Å². The number of rotatable bonds is 6. The van der Waals surface area contributed by atoms with Crippen molar-refractivity contribution in [1.29, 1.82) is 0 Å². The highest BCUT2D eigenvalue weighted by atomic mass is 35.5. The molecule has 1 heterocycles. The summed E-state index contributed by atoms with van der Waals surface area (Å²) in [4.78, 5) is 49.9. The lowest BCUT2D eigenvalue weighted by Crippen LogP contribution is -2.26. The summed E-state index contributed by atoms with van der Waals surface area (Å²) in [6.45, 7) is -0.468. The summed E-state index contributed by atoms with van der Waals surface area (Å²) in [6, 6.07) is 13.1. The van der Waals surface area contributed by atoms with Gasteiger partial charge in [-0.1, -0.05) is 23.7 Å². The van der Waals surface area contributed by atoms with Crippen LogP contribution in [0.25, 0.3) is 0 Å². The number of thioether (sulfide) groups is 1. The van der Waals surface area contributed by atoms with Crippen LogP contribution in [0.15, 0.2) is 53.4 Å². The van der Waals surface area contributed by atoms with Crippen molar-refractivity contribution in [3.05, 3.63) is 59.1 Å². The molecule has 3 rings (SSSR count). The number of carbonyl (C=O) groups excluding carboxylic acids is 4. The predicted molar refractivity (Wildman–Crippen MR) is 109 cm³/mol. The van der Waals surface area contributed by atoms with Gasteiger partial charge in [0.1, 0.15) is 0 Å². The second-order valence-corrected chi connectivity index (χ2v) is 7.91. The summed E-state index contributed by atoms with van der Waals surface area (Å²) in [6.07, 6.45) is 0.0763. The van der Waals surface area contributed by atoms with E-state index in [1.165, 1.54) is 7.05 Å². The summed E-state index contributed by atoms with van der Waals surface area (Å²) in [5.74, 6) is -1.74. The van der Waals surface area contributed by atoms with Crippen molar-refractivity contribution in [2.24, 2.45) is 0 Å². The summed E-state index contributed by atoms with van der Waals surface area (Å²) in [7, 11) is 1.44. The van der Waals surface area contributed by atoms with E-state index in [2.05, 4.69) is 5.32 Å². The van der Waals surface area contributed by atoms with E-state index >= 15 is 0 Å². The number of nitrogens with zero attached hydrogens (tertiary/aromatic N) is 1. The Hall–Kier alpha value is -2.84. The number of anilines is 1. The molecule has 1 fully saturated rings. The lowest BCUT2D eigenvalue weighted by molar-refractivity contribution is -0.136. The van der Waals surface area contributed by atoms with Gasteiger partial charge in [-0.25, -0.2) is 4.79 Å². The SMILES string of the molecule is CN1C(=O)CC(Sc2ccccc2C(=O)OCC(=O)Nc2ccc(Cl)cc2)C1=O. The summed E-state index contributed by atoms with van der Waals surface area (Å²) in [5.41, 5.74) is 0.756. The van der Waals surface area contributed by atoms with Gasteiger partial charge in [-0.3, -0.25) is 19.3 Å². The number of halogens is 1. The highest BCUT2D eigenvalue weighted by Gasteiger charge is 2.37. The van der Waals surface area contributed by atoms with Crippen molar-refractivity contribution < 1.29 is 23.9 Å². The van der Waals surface area contributed by atoms with E-state index in [0.717, 1.165) is 16.7 Å². The lowest BCUT2D eigenvalue weighted by Gasteiger charge is -2.12. The maximum Gasteiger partial charge on any atom is 0.339 e. The van der Waals surface area contributed by atoms with Gasteiger partial charge in [-0.05, 0) is 36.4 Å². The van der Waals surface area contributed by atoms with E-state index in [9.17, 15) is 19.2 Å². The number of ether oxygens (including phenoxy) is 1. The fraction of sp³-hybridized carbons (Fsp3) is 0.200. The summed E-state index contributed by atoms with van der Waals surface area (Å²) < 4.78 is 5.11. The minimum Gasteiger partial charge on any atom is -0.452 e. The quantitative estimate of drug-likeness (QED) is 0.557. The largest absolute Gasteiger partial charge is 0.452 e. The Morgan fingerprint density at radius 3 is 2.52 bits per heavy atom. The zero-order valence-corrected chi connectivity index (χ0v) is 17.0. The molecule has 0 radical (unpaired) electrons. The van der Waals surface area contributed by atoms with Crippen molar-refractivity contribution in [3.63, 3.8) is 0 Å². The third-order valence-electron chi connectivity index (χ3n) is 4.18. The van der Waals surface area contributed by atoms with Crippen molar-refractivity contribution >= 4 is 52.7 Å². The van der Waals surface area contributed by atoms with Gasteiger partial charge >= 0.3 is 5.97 Å². The molecule has 1 aliphatic heterocycles. The third-order valence-corrected chi connectivity index (χ3v) is 5.69. The Balaban J connectivity index is 1.61. The molecule has 7 nitrogen and oxygen atoms in total. The number of carbonyl (C=O) groups is 4. The second kappa shape index (κ2) is 9.11. The van der Waals surface area contributed by atoms with Crippen LogP contribution in [-0.2, 0) is 19.1 Å². The second-order valence-electron chi connectivity index (χ2n) is 6.23. The molecule has 3 amide bonds. The highest BCUT2D eigenvalue weighted by molar-refractivity contribution is 8.00. The number of benzene rings is 2. The number of nitrogens with one attached hydrogen (secondary N) is 1. The van der Waals surface area contributed by atoms with Crippen molar-refractivity contribution in [3.8, 4) is 0 Å². The Morgan fingerprint density at radius 1 is 1.17 bits per heavy atom. The zero-order valence-electron chi connectivity index (χ0n) is 15.4. The van der Waals surface area contributed by atoms with Crippen LogP contribution in [0.3, 0.4) is 0 Å². The minimum atomic E-state index is -0.690. The van der Waals surface area contributed by atoms with Gasteiger partial charge in [-0.15, -0.1) is 11.8 Å². The van der Waals surface area contributed by atoms with Gasteiger partial charge in [0.2, 0.25) is 11.8 Å². The molecule has 1 N–H and O–H groups in total. The molecule has 1 saturated heterocycles. The standard InChI is InChI=1S/C20H17ClN2O5S/c1-23-18(25)10-16(19(23)26)29-15-5-3-2-4-14(15)20(27)28-11-17(24)22-13-8-6-12(21)7-9-13/h2-9,16H,10-11H2,1H3,(H,22,24). The van der Waals surface area contributed by atoms with E-state index in [4.69, 9.17) is 16.3 Å². The summed E-state index contributed by atoms with van der Waals surface area (Å²) >= 11 is 6.93. The Morgan fingerprint density at radius 2 is 1.86 bits per heavy atom. The van der Waals surface area contributed by atoms with Crippen LogP contribution < -0.4 is 5.32 Å². The monoisotopic (exact) mass is 432 g/mol. The third kappa shape index (κ3) is 5.16. The molecule has 0 aliphatic carbocycles. The predicted octanol–water partition coefficient (Wildman–Crippen LogP) is 2.98. The van der Waals surface area contributed by atoms with E-state index in [0.29, 0.717) is 15.6 Å². The fourth-order valence-electron chi connectivity index (χ4n) is 2.64. The average molecular weight is 433 g/mol. The molecular formula is C20H17ClN2O5S. The molecule has 9 heteroatoms. The van der Waals surface area contributed by atoms with Gasteiger partial charge < -0.3 is 10.1 Å². The van der Waals surface area contributed by atoms with Crippen LogP contribution in [0.5, 0.6) is 0 Å². The Kier molecular flexibility index (Phi) is 6.56. The molecule has 0 saturated carbocycles. The van der Waals surface area contributed by atoms with E-state index in [1.807, 2.05) is 0 Å². The molecular weight excluding hydrogens is 416 g/mol. The van der Waals surface area contributed by atoms with Crippen molar-refractivity contribution in [2.75, 3.05) is 19.0 Å². The van der Waals surface area contributed by atoms with Crippen molar-refractivity contribution in [2.45, 2.75) is 16.6 Å². The maximum atomic E-state index is 12.5. The normalized spacial score (nSPS) is 16.1. The first kappa shape index (κ1) is 20.9. The molecule has 0 aromatic heterocycles. The first-order valence-corrected chi connectivity index (χ1v) is 9.89. The van der Waals surface area contributed by atoms with E-state index in [-0.39, 0.29) is 23.8 Å². The molecule has 2 aromatic carbocycles. The molecule has 1 unspecified atom stereocenters. The topological polar surface area (TPSA) is 92.8 Å². The zero-order chi connectivity index (χ0) is 21.0. The fourth-order valence-corrected chi connectivity index (χ4v) is 4.00. The number of hydrogen-bond acceptors (Lipinski definition) is 6. The number of esters is 1. The van der Waals surface area contributed by atoms with Crippen LogP contribution in [0.2, 0.25) is 5.02 Å².